The number of carbonyl (C=O) groups is 1. The number of nitrogens with zero attached hydrogens (tertiary/aromatic N) is 2. The predicted octanol–water partition coefficient (Wildman–Crippen LogP) is 3.29. The van der Waals surface area contributed by atoms with Gasteiger partial charge in [-0.05, 0) is 44.5 Å². The second kappa shape index (κ2) is 7.01. The number of hydrogen-bond acceptors (Lipinski definition) is 4. The highest BCUT2D eigenvalue weighted by atomic mass is 79.9. The fraction of sp³-hybridized carbons (Fsp3) is 0.588. The van der Waals surface area contributed by atoms with Crippen molar-refractivity contribution in [3.05, 3.63) is 29.3 Å². The zero-order chi connectivity index (χ0) is 16.3. The van der Waals surface area contributed by atoms with Crippen molar-refractivity contribution in [3.8, 4) is 0 Å². The van der Waals surface area contributed by atoms with Crippen molar-refractivity contribution in [2.45, 2.75) is 31.6 Å². The molecule has 1 heterocycles. The number of alkyl halides is 1. The summed E-state index contributed by atoms with van der Waals surface area (Å²) in [6, 6.07) is 5.98. The molecule has 1 fully saturated rings. The summed E-state index contributed by atoms with van der Waals surface area (Å²) >= 11 is 3.47. The summed E-state index contributed by atoms with van der Waals surface area (Å²) in [5.74, 6) is -0.279. The lowest BCUT2D eigenvalue weighted by atomic mass is 10.0. The van der Waals surface area contributed by atoms with Gasteiger partial charge in [-0.25, -0.2) is 4.79 Å². The quantitative estimate of drug-likeness (QED) is 0.605. The van der Waals surface area contributed by atoms with Crippen LogP contribution in [0.1, 0.15) is 36.7 Å². The zero-order valence-electron chi connectivity index (χ0n) is 13.9. The van der Waals surface area contributed by atoms with E-state index in [0.717, 1.165) is 31.7 Å². The third kappa shape index (κ3) is 3.82. The summed E-state index contributed by atoms with van der Waals surface area (Å²) in [6.07, 6.45) is 0. The minimum atomic E-state index is -0.279. The fourth-order valence-electron chi connectivity index (χ4n) is 2.83. The van der Waals surface area contributed by atoms with Crippen LogP contribution in [0.15, 0.2) is 18.2 Å². The number of methoxy groups -OCH3 is 1. The van der Waals surface area contributed by atoms with Gasteiger partial charge in [0.15, 0.2) is 0 Å². The first-order chi connectivity index (χ1) is 10.4. The molecule has 0 radical (unpaired) electrons. The Kier molecular flexibility index (Phi) is 5.50. The maximum Gasteiger partial charge on any atom is 0.338 e. The van der Waals surface area contributed by atoms with Crippen molar-refractivity contribution < 1.29 is 9.53 Å². The first-order valence-corrected chi connectivity index (χ1v) is 8.76. The second-order valence-corrected chi connectivity index (χ2v) is 7.17. The Balaban J connectivity index is 2.13. The van der Waals surface area contributed by atoms with Gasteiger partial charge in [0.2, 0.25) is 0 Å². The molecule has 1 saturated heterocycles. The van der Waals surface area contributed by atoms with Gasteiger partial charge in [0.25, 0.3) is 0 Å². The lowest BCUT2D eigenvalue weighted by Crippen LogP contribution is -2.53. The third-order valence-corrected chi connectivity index (χ3v) is 4.84. The summed E-state index contributed by atoms with van der Waals surface area (Å²) in [7, 11) is 1.42. The SMILES string of the molecule is COC(=O)c1ccc(N2CCN(C(C)(C)C)CC2)cc1CBr. The van der Waals surface area contributed by atoms with E-state index < -0.39 is 0 Å². The summed E-state index contributed by atoms with van der Waals surface area (Å²) < 4.78 is 4.84. The van der Waals surface area contributed by atoms with E-state index in [4.69, 9.17) is 4.74 Å². The molecular weight excluding hydrogens is 344 g/mol. The number of esters is 1. The van der Waals surface area contributed by atoms with E-state index in [1.165, 1.54) is 12.8 Å². The molecule has 0 amide bonds. The lowest BCUT2D eigenvalue weighted by Gasteiger charge is -2.43. The molecule has 1 aliphatic rings. The molecule has 5 heteroatoms. The van der Waals surface area contributed by atoms with Crippen LogP contribution in [0, 0.1) is 0 Å². The zero-order valence-corrected chi connectivity index (χ0v) is 15.4. The number of anilines is 1. The average molecular weight is 369 g/mol. The summed E-state index contributed by atoms with van der Waals surface area (Å²) in [4.78, 5) is 16.7. The minimum absolute atomic E-state index is 0.224. The van der Waals surface area contributed by atoms with E-state index in [-0.39, 0.29) is 11.5 Å². The Morgan fingerprint density at radius 2 is 1.86 bits per heavy atom. The smallest absolute Gasteiger partial charge is 0.338 e. The highest BCUT2D eigenvalue weighted by Crippen LogP contribution is 2.25. The standard InChI is InChI=1S/C17H25BrN2O2/c1-17(2,3)20-9-7-19(8-10-20)14-5-6-15(16(21)22-4)13(11-14)12-18/h5-6,11H,7-10,12H2,1-4H3. The van der Waals surface area contributed by atoms with Gasteiger partial charge in [0, 0.05) is 42.7 Å². The van der Waals surface area contributed by atoms with Crippen molar-refractivity contribution >= 4 is 27.6 Å². The number of carbonyl (C=O) groups excluding carboxylic acids is 1. The molecule has 0 unspecified atom stereocenters. The molecular formula is C17H25BrN2O2. The number of ether oxygens (including phenoxy) is 1. The van der Waals surface area contributed by atoms with E-state index in [1.807, 2.05) is 12.1 Å². The summed E-state index contributed by atoms with van der Waals surface area (Å²) in [5.41, 5.74) is 3.01. The van der Waals surface area contributed by atoms with Gasteiger partial charge in [0.1, 0.15) is 0 Å². The van der Waals surface area contributed by atoms with Gasteiger partial charge in [-0.3, -0.25) is 4.90 Å². The maximum absolute atomic E-state index is 11.8. The summed E-state index contributed by atoms with van der Waals surface area (Å²) in [5, 5.41) is 0.646. The monoisotopic (exact) mass is 368 g/mol. The van der Waals surface area contributed by atoms with Gasteiger partial charge in [-0.15, -0.1) is 0 Å². The molecule has 0 atom stereocenters. The van der Waals surface area contributed by atoms with E-state index in [9.17, 15) is 4.79 Å². The third-order valence-electron chi connectivity index (χ3n) is 4.23. The fourth-order valence-corrected chi connectivity index (χ4v) is 3.30. The van der Waals surface area contributed by atoms with E-state index in [1.54, 1.807) is 0 Å². The molecule has 122 valence electrons. The molecule has 1 aliphatic heterocycles. The molecule has 0 bridgehead atoms. The molecule has 2 rings (SSSR count). The van der Waals surface area contributed by atoms with Crippen LogP contribution in [0.5, 0.6) is 0 Å². The van der Waals surface area contributed by atoms with Crippen LogP contribution in [-0.4, -0.2) is 49.7 Å². The molecule has 0 spiro atoms. The van der Waals surface area contributed by atoms with Crippen molar-refractivity contribution in [1.29, 1.82) is 0 Å². The maximum atomic E-state index is 11.8. The van der Waals surface area contributed by atoms with Gasteiger partial charge in [-0.1, -0.05) is 15.9 Å². The molecule has 4 nitrogen and oxygen atoms in total. The van der Waals surface area contributed by atoms with Crippen LogP contribution >= 0.6 is 15.9 Å². The first kappa shape index (κ1) is 17.3. The van der Waals surface area contributed by atoms with E-state index in [2.05, 4.69) is 52.6 Å². The van der Waals surface area contributed by atoms with Crippen molar-refractivity contribution in [2.75, 3.05) is 38.2 Å². The van der Waals surface area contributed by atoms with E-state index in [0.29, 0.717) is 10.9 Å². The van der Waals surface area contributed by atoms with Crippen LogP contribution in [0.3, 0.4) is 0 Å². The van der Waals surface area contributed by atoms with Gasteiger partial charge >= 0.3 is 5.97 Å². The molecule has 1 aromatic carbocycles. The first-order valence-electron chi connectivity index (χ1n) is 7.64. The molecule has 0 N–H and O–H groups in total. The molecule has 0 aromatic heterocycles. The van der Waals surface area contributed by atoms with Crippen LogP contribution < -0.4 is 4.90 Å². The minimum Gasteiger partial charge on any atom is -0.465 e. The Labute approximate surface area is 141 Å². The van der Waals surface area contributed by atoms with Crippen LogP contribution in [-0.2, 0) is 10.1 Å². The highest BCUT2D eigenvalue weighted by Gasteiger charge is 2.26. The van der Waals surface area contributed by atoms with Crippen molar-refractivity contribution in [2.24, 2.45) is 0 Å². The number of hydrogen-bond donors (Lipinski definition) is 0. The number of rotatable bonds is 3. The normalized spacial score (nSPS) is 16.7. The van der Waals surface area contributed by atoms with Crippen molar-refractivity contribution in [3.63, 3.8) is 0 Å². The van der Waals surface area contributed by atoms with Gasteiger partial charge in [-0.2, -0.15) is 0 Å². The Bertz CT molecular complexity index is 532. The van der Waals surface area contributed by atoms with Crippen LogP contribution in [0.25, 0.3) is 0 Å². The largest absolute Gasteiger partial charge is 0.465 e. The van der Waals surface area contributed by atoms with Crippen molar-refractivity contribution in [1.82, 2.24) is 4.90 Å². The predicted molar refractivity (Wildman–Crippen MR) is 94.0 cm³/mol. The average Bonchev–Trinajstić information content (AvgIpc) is 2.52. The number of halogens is 1. The Hall–Kier alpha value is -1.07. The molecule has 0 saturated carbocycles. The number of piperazine rings is 1. The Morgan fingerprint density at radius 3 is 2.36 bits per heavy atom. The topological polar surface area (TPSA) is 32.8 Å². The van der Waals surface area contributed by atoms with Crippen LogP contribution in [0.2, 0.25) is 0 Å². The Morgan fingerprint density at radius 1 is 1.23 bits per heavy atom. The summed E-state index contributed by atoms with van der Waals surface area (Å²) in [6.45, 7) is 10.9. The van der Waals surface area contributed by atoms with Crippen LogP contribution in [0.4, 0.5) is 5.69 Å². The number of benzene rings is 1. The van der Waals surface area contributed by atoms with Gasteiger partial charge in [0.05, 0.1) is 12.7 Å². The molecule has 22 heavy (non-hydrogen) atoms. The molecule has 1 aromatic rings. The van der Waals surface area contributed by atoms with E-state index >= 15 is 0 Å². The highest BCUT2D eigenvalue weighted by molar-refractivity contribution is 9.08. The molecule has 0 aliphatic carbocycles. The second-order valence-electron chi connectivity index (χ2n) is 6.61. The lowest BCUT2D eigenvalue weighted by molar-refractivity contribution is 0.0600. The van der Waals surface area contributed by atoms with Gasteiger partial charge < -0.3 is 9.64 Å².